The van der Waals surface area contributed by atoms with E-state index in [1.54, 1.807) is 0 Å². The number of ether oxygens (including phenoxy) is 1. The molecular weight excluding hydrogens is 398 g/mol. The van der Waals surface area contributed by atoms with Crippen molar-refractivity contribution in [3.63, 3.8) is 0 Å². The Hall–Kier alpha value is -3.19. The van der Waals surface area contributed by atoms with Crippen molar-refractivity contribution < 1.29 is 14.3 Å². The monoisotopic (exact) mass is 421 g/mol. The molecule has 1 unspecified atom stereocenters. The molecule has 0 saturated carbocycles. The van der Waals surface area contributed by atoms with Gasteiger partial charge in [0.05, 0.1) is 18.3 Å². The number of benzene rings is 2. The van der Waals surface area contributed by atoms with Crippen LogP contribution in [0.4, 0.5) is 5.13 Å². The summed E-state index contributed by atoms with van der Waals surface area (Å²) in [7, 11) is 0. The van der Waals surface area contributed by atoms with Crippen LogP contribution in [0.5, 0.6) is 5.75 Å². The fourth-order valence-electron chi connectivity index (χ4n) is 3.46. The molecule has 2 aromatic carbocycles. The Morgan fingerprint density at radius 2 is 1.97 bits per heavy atom. The topological polar surface area (TPSA) is 80.3 Å². The van der Waals surface area contributed by atoms with Crippen LogP contribution in [0.3, 0.4) is 0 Å². The van der Waals surface area contributed by atoms with Gasteiger partial charge in [0, 0.05) is 35.4 Å². The highest BCUT2D eigenvalue weighted by molar-refractivity contribution is 7.14. The van der Waals surface area contributed by atoms with Crippen molar-refractivity contribution >= 4 is 28.3 Å². The van der Waals surface area contributed by atoms with E-state index in [4.69, 9.17) is 4.74 Å². The van der Waals surface area contributed by atoms with Crippen molar-refractivity contribution in [3.8, 4) is 17.0 Å². The molecule has 4 rings (SSSR count). The summed E-state index contributed by atoms with van der Waals surface area (Å²) in [5.74, 6) is 0.536. The first-order valence-corrected chi connectivity index (χ1v) is 10.7. The van der Waals surface area contributed by atoms with Crippen LogP contribution in [-0.2, 0) is 4.79 Å². The van der Waals surface area contributed by atoms with Crippen LogP contribution in [0.1, 0.15) is 46.4 Å². The Labute approximate surface area is 179 Å². The number of hydrogen-bond acceptors (Lipinski definition) is 5. The second-order valence-electron chi connectivity index (χ2n) is 7.43. The lowest BCUT2D eigenvalue weighted by molar-refractivity contribution is -0.119. The summed E-state index contributed by atoms with van der Waals surface area (Å²) in [5.41, 5.74) is 5.47. The Balaban J connectivity index is 1.54. The summed E-state index contributed by atoms with van der Waals surface area (Å²) in [5, 5.41) is 8.31. The van der Waals surface area contributed by atoms with Gasteiger partial charge in [0.2, 0.25) is 5.91 Å². The second-order valence-corrected chi connectivity index (χ2v) is 8.29. The molecule has 154 valence electrons. The maximum atomic E-state index is 12.6. The fraction of sp³-hybridized carbons (Fsp3) is 0.261. The van der Waals surface area contributed by atoms with E-state index in [-0.39, 0.29) is 17.9 Å². The number of aryl methyl sites for hydroxylation is 2. The van der Waals surface area contributed by atoms with E-state index in [1.165, 1.54) is 18.3 Å². The molecule has 6 nitrogen and oxygen atoms in total. The lowest BCUT2D eigenvalue weighted by Crippen LogP contribution is -2.30. The predicted molar refractivity (Wildman–Crippen MR) is 118 cm³/mol. The van der Waals surface area contributed by atoms with E-state index in [2.05, 4.69) is 15.6 Å². The largest absolute Gasteiger partial charge is 0.493 e. The van der Waals surface area contributed by atoms with Crippen molar-refractivity contribution in [3.05, 3.63) is 64.0 Å². The van der Waals surface area contributed by atoms with Gasteiger partial charge < -0.3 is 10.1 Å². The molecular formula is C23H23N3O3S. The van der Waals surface area contributed by atoms with Crippen LogP contribution in [0.2, 0.25) is 0 Å². The summed E-state index contributed by atoms with van der Waals surface area (Å²) in [6.07, 6.45) is 0.727. The first-order valence-electron chi connectivity index (χ1n) is 9.79. The van der Waals surface area contributed by atoms with Crippen LogP contribution in [0.25, 0.3) is 11.3 Å². The predicted octanol–water partition coefficient (Wildman–Crippen LogP) is 4.64. The number of nitrogens with one attached hydrogen (secondary N) is 2. The summed E-state index contributed by atoms with van der Waals surface area (Å²) in [6.45, 7) is 6.10. The van der Waals surface area contributed by atoms with Gasteiger partial charge in [-0.05, 0) is 55.3 Å². The van der Waals surface area contributed by atoms with Gasteiger partial charge in [-0.3, -0.25) is 14.9 Å². The Bertz CT molecular complexity index is 1120. The van der Waals surface area contributed by atoms with Gasteiger partial charge in [0.15, 0.2) is 5.13 Å². The number of hydrogen-bond donors (Lipinski definition) is 2. The number of carbonyl (C=O) groups is 2. The maximum Gasteiger partial charge on any atom is 0.257 e. The van der Waals surface area contributed by atoms with E-state index < -0.39 is 0 Å². The van der Waals surface area contributed by atoms with Crippen molar-refractivity contribution in [2.24, 2.45) is 0 Å². The normalized spacial score (nSPS) is 15.1. The highest BCUT2D eigenvalue weighted by Crippen LogP contribution is 2.36. The Kier molecular flexibility index (Phi) is 5.55. The zero-order chi connectivity index (χ0) is 21.3. The number of fused-ring (bicyclic) bond motifs is 1. The third kappa shape index (κ3) is 4.21. The van der Waals surface area contributed by atoms with Crippen molar-refractivity contribution in [1.82, 2.24) is 10.3 Å². The maximum absolute atomic E-state index is 12.6. The molecule has 0 fully saturated rings. The molecule has 1 aliphatic rings. The molecule has 2 N–H and O–H groups in total. The summed E-state index contributed by atoms with van der Waals surface area (Å²) < 4.78 is 5.72. The molecule has 7 heteroatoms. The summed E-state index contributed by atoms with van der Waals surface area (Å²) in [6, 6.07) is 11.4. The van der Waals surface area contributed by atoms with Gasteiger partial charge in [-0.15, -0.1) is 11.3 Å². The van der Waals surface area contributed by atoms with E-state index in [0.29, 0.717) is 17.3 Å². The number of anilines is 1. The second kappa shape index (κ2) is 8.28. The highest BCUT2D eigenvalue weighted by atomic mass is 32.1. The quantitative estimate of drug-likeness (QED) is 0.643. The number of amides is 2. The number of thiazole rings is 1. The van der Waals surface area contributed by atoms with Crippen molar-refractivity contribution in [2.45, 2.75) is 33.2 Å². The van der Waals surface area contributed by atoms with Crippen LogP contribution in [0.15, 0.2) is 41.8 Å². The van der Waals surface area contributed by atoms with Crippen LogP contribution < -0.4 is 15.4 Å². The van der Waals surface area contributed by atoms with Crippen LogP contribution >= 0.6 is 11.3 Å². The van der Waals surface area contributed by atoms with Gasteiger partial charge in [-0.1, -0.05) is 6.07 Å². The van der Waals surface area contributed by atoms with Gasteiger partial charge in [-0.2, -0.15) is 0 Å². The van der Waals surface area contributed by atoms with E-state index in [0.717, 1.165) is 40.1 Å². The third-order valence-electron chi connectivity index (χ3n) is 5.22. The first kappa shape index (κ1) is 20.1. The minimum Gasteiger partial charge on any atom is -0.493 e. The molecule has 0 bridgehead atoms. The van der Waals surface area contributed by atoms with Gasteiger partial charge in [-0.25, -0.2) is 4.98 Å². The molecule has 1 atom stereocenters. The molecule has 0 aliphatic carbocycles. The number of carbonyl (C=O) groups excluding carboxylic acids is 2. The van der Waals surface area contributed by atoms with E-state index >= 15 is 0 Å². The number of aromatic nitrogens is 1. The molecule has 0 saturated heterocycles. The average molecular weight is 422 g/mol. The first-order chi connectivity index (χ1) is 14.4. The van der Waals surface area contributed by atoms with Gasteiger partial charge in [0.1, 0.15) is 5.75 Å². The van der Waals surface area contributed by atoms with E-state index in [9.17, 15) is 9.59 Å². The molecule has 1 aliphatic heterocycles. The average Bonchev–Trinajstić information content (AvgIpc) is 3.18. The SMILES string of the molecule is CC(=O)NC1CCOc2ccc(-c3csc(NC(=O)c4ccc(C)c(C)c4)n3)cc21. The standard InChI is InChI=1S/C23H23N3O3S/c1-13-4-5-17(10-14(13)2)22(28)26-23-25-20(12-30-23)16-6-7-21-18(11-16)19(8-9-29-21)24-15(3)27/h4-7,10-12,19H,8-9H2,1-3H3,(H,24,27)(H,25,26,28). The Morgan fingerprint density at radius 3 is 2.73 bits per heavy atom. The smallest absolute Gasteiger partial charge is 0.257 e. The van der Waals surface area contributed by atoms with Crippen LogP contribution in [0, 0.1) is 13.8 Å². The number of nitrogens with zero attached hydrogens (tertiary/aromatic N) is 1. The third-order valence-corrected chi connectivity index (χ3v) is 5.97. The molecule has 0 radical (unpaired) electrons. The van der Waals surface area contributed by atoms with Crippen LogP contribution in [-0.4, -0.2) is 23.4 Å². The minimum absolute atomic E-state index is 0.0664. The lowest BCUT2D eigenvalue weighted by Gasteiger charge is -2.26. The molecule has 3 aromatic rings. The summed E-state index contributed by atoms with van der Waals surface area (Å²) >= 11 is 1.38. The van der Waals surface area contributed by atoms with Crippen molar-refractivity contribution in [1.29, 1.82) is 0 Å². The minimum atomic E-state index is -0.177. The van der Waals surface area contributed by atoms with Gasteiger partial charge >= 0.3 is 0 Å². The summed E-state index contributed by atoms with van der Waals surface area (Å²) in [4.78, 5) is 28.7. The van der Waals surface area contributed by atoms with Gasteiger partial charge in [0.25, 0.3) is 5.91 Å². The number of rotatable bonds is 4. The van der Waals surface area contributed by atoms with E-state index in [1.807, 2.05) is 55.6 Å². The van der Waals surface area contributed by atoms with Crippen molar-refractivity contribution in [2.75, 3.05) is 11.9 Å². The Morgan fingerprint density at radius 1 is 1.13 bits per heavy atom. The highest BCUT2D eigenvalue weighted by Gasteiger charge is 2.23. The molecule has 0 spiro atoms. The zero-order valence-corrected chi connectivity index (χ0v) is 17.9. The molecule has 2 heterocycles. The molecule has 2 amide bonds. The zero-order valence-electron chi connectivity index (χ0n) is 17.1. The lowest BCUT2D eigenvalue weighted by atomic mass is 9.97. The fourth-order valence-corrected chi connectivity index (χ4v) is 4.18. The molecule has 30 heavy (non-hydrogen) atoms. The molecule has 1 aromatic heterocycles.